The van der Waals surface area contributed by atoms with Gasteiger partial charge < -0.3 is 15.8 Å². The second kappa shape index (κ2) is 4.95. The summed E-state index contributed by atoms with van der Waals surface area (Å²) in [5.74, 6) is -0.0656. The summed E-state index contributed by atoms with van der Waals surface area (Å²) in [5.41, 5.74) is 5.31. The van der Waals surface area contributed by atoms with Gasteiger partial charge in [-0.05, 0) is 24.3 Å². The largest absolute Gasteiger partial charge is 0.381 e. The lowest BCUT2D eigenvalue weighted by Crippen LogP contribution is -2.56. The highest BCUT2D eigenvalue weighted by atomic mass is 32.1. The second-order valence-electron chi connectivity index (χ2n) is 4.03. The van der Waals surface area contributed by atoms with Gasteiger partial charge in [0, 0.05) is 18.1 Å². The third-order valence-electron chi connectivity index (χ3n) is 2.84. The van der Waals surface area contributed by atoms with Gasteiger partial charge >= 0.3 is 0 Å². The molecule has 0 spiro atoms. The Morgan fingerprint density at radius 1 is 1.56 bits per heavy atom. The molecule has 0 aromatic carbocycles. The molecule has 1 saturated heterocycles. The van der Waals surface area contributed by atoms with Gasteiger partial charge in [-0.3, -0.25) is 4.79 Å². The van der Waals surface area contributed by atoms with Gasteiger partial charge in [-0.1, -0.05) is 6.07 Å². The van der Waals surface area contributed by atoms with E-state index < -0.39 is 5.54 Å². The van der Waals surface area contributed by atoms with E-state index in [1.54, 1.807) is 11.3 Å². The molecule has 0 bridgehead atoms. The Balaban J connectivity index is 1.87. The van der Waals surface area contributed by atoms with E-state index in [1.165, 1.54) is 0 Å². The number of carbonyl (C=O) groups is 1. The molecule has 4 nitrogen and oxygen atoms in total. The van der Waals surface area contributed by atoms with Crippen molar-refractivity contribution < 1.29 is 9.53 Å². The predicted octanol–water partition coefficient (Wildman–Crippen LogP) is 0.872. The summed E-state index contributed by atoms with van der Waals surface area (Å²) in [6.45, 7) is 1.71. The molecule has 88 valence electrons. The van der Waals surface area contributed by atoms with Crippen molar-refractivity contribution in [1.29, 1.82) is 0 Å². The molecule has 2 heterocycles. The van der Waals surface area contributed by atoms with Crippen LogP contribution in [0.2, 0.25) is 0 Å². The lowest BCUT2D eigenvalue weighted by Gasteiger charge is -2.31. The van der Waals surface area contributed by atoms with Crippen LogP contribution in [0.4, 0.5) is 0 Å². The lowest BCUT2D eigenvalue weighted by molar-refractivity contribution is -0.129. The molecule has 1 amide bonds. The number of thiophene rings is 1. The third kappa shape index (κ3) is 2.61. The van der Waals surface area contributed by atoms with Crippen LogP contribution >= 0.6 is 11.3 Å². The Kier molecular flexibility index (Phi) is 3.58. The molecule has 2 rings (SSSR count). The van der Waals surface area contributed by atoms with Crippen molar-refractivity contribution in [1.82, 2.24) is 5.32 Å². The number of amides is 1. The number of ether oxygens (including phenoxy) is 1. The highest BCUT2D eigenvalue weighted by molar-refractivity contribution is 7.09. The summed E-state index contributed by atoms with van der Waals surface area (Å²) in [5, 5.41) is 4.88. The number of hydrogen-bond acceptors (Lipinski definition) is 4. The number of nitrogens with two attached hydrogens (primary N) is 1. The highest BCUT2D eigenvalue weighted by Gasteiger charge is 2.35. The summed E-state index contributed by atoms with van der Waals surface area (Å²) in [4.78, 5) is 13.1. The summed E-state index contributed by atoms with van der Waals surface area (Å²) in [6.07, 6.45) is 1.20. The zero-order chi connectivity index (χ0) is 11.4. The van der Waals surface area contributed by atoms with E-state index in [4.69, 9.17) is 10.5 Å². The first kappa shape index (κ1) is 11.6. The molecule has 16 heavy (non-hydrogen) atoms. The van der Waals surface area contributed by atoms with Gasteiger partial charge in [0.05, 0.1) is 12.1 Å². The van der Waals surface area contributed by atoms with E-state index in [0.717, 1.165) is 4.88 Å². The number of carbonyl (C=O) groups excluding carboxylic acids is 1. The van der Waals surface area contributed by atoms with Crippen LogP contribution in [0.5, 0.6) is 0 Å². The fourth-order valence-electron chi connectivity index (χ4n) is 1.72. The van der Waals surface area contributed by atoms with Crippen molar-refractivity contribution in [2.45, 2.75) is 24.9 Å². The smallest absolute Gasteiger partial charge is 0.240 e. The molecule has 0 radical (unpaired) electrons. The van der Waals surface area contributed by atoms with Crippen LogP contribution in [0.1, 0.15) is 17.7 Å². The van der Waals surface area contributed by atoms with Crippen LogP contribution in [0.15, 0.2) is 17.5 Å². The number of hydrogen-bond donors (Lipinski definition) is 2. The van der Waals surface area contributed by atoms with Crippen LogP contribution in [-0.4, -0.2) is 24.7 Å². The first-order valence-corrected chi connectivity index (χ1v) is 6.26. The maximum absolute atomic E-state index is 11.9. The molecule has 0 aliphatic carbocycles. The minimum absolute atomic E-state index is 0.0656. The van der Waals surface area contributed by atoms with Crippen molar-refractivity contribution in [3.8, 4) is 0 Å². The second-order valence-corrected chi connectivity index (χ2v) is 5.06. The first-order chi connectivity index (χ1) is 7.71. The fraction of sp³-hybridized carbons (Fsp3) is 0.545. The molecule has 3 N–H and O–H groups in total. The first-order valence-electron chi connectivity index (χ1n) is 5.38. The topological polar surface area (TPSA) is 64.4 Å². The van der Waals surface area contributed by atoms with E-state index in [1.807, 2.05) is 17.5 Å². The van der Waals surface area contributed by atoms with Gasteiger partial charge in [-0.2, -0.15) is 0 Å². The molecular weight excluding hydrogens is 224 g/mol. The summed E-state index contributed by atoms with van der Waals surface area (Å²) >= 11 is 1.63. The van der Waals surface area contributed by atoms with E-state index in [2.05, 4.69) is 5.32 Å². The van der Waals surface area contributed by atoms with Crippen molar-refractivity contribution in [2.75, 3.05) is 13.2 Å². The fourth-order valence-corrected chi connectivity index (χ4v) is 2.36. The monoisotopic (exact) mass is 240 g/mol. The quantitative estimate of drug-likeness (QED) is 0.824. The molecule has 1 aromatic rings. The van der Waals surface area contributed by atoms with Gasteiger partial charge in [-0.15, -0.1) is 11.3 Å². The summed E-state index contributed by atoms with van der Waals surface area (Å²) in [7, 11) is 0. The average molecular weight is 240 g/mol. The van der Waals surface area contributed by atoms with Gasteiger partial charge in [0.1, 0.15) is 0 Å². The average Bonchev–Trinajstić information content (AvgIpc) is 2.79. The summed E-state index contributed by atoms with van der Waals surface area (Å²) < 4.78 is 5.21. The number of nitrogens with one attached hydrogen (secondary N) is 1. The van der Waals surface area contributed by atoms with E-state index in [0.29, 0.717) is 32.6 Å². The molecule has 1 aromatic heterocycles. The van der Waals surface area contributed by atoms with Gasteiger partial charge in [0.2, 0.25) is 5.91 Å². The highest BCUT2D eigenvalue weighted by Crippen LogP contribution is 2.18. The Hall–Kier alpha value is -0.910. The van der Waals surface area contributed by atoms with Crippen LogP contribution < -0.4 is 11.1 Å². The Morgan fingerprint density at radius 3 is 2.94 bits per heavy atom. The predicted molar refractivity (Wildman–Crippen MR) is 63.1 cm³/mol. The van der Waals surface area contributed by atoms with Gasteiger partial charge in [0.25, 0.3) is 0 Å². The third-order valence-corrected chi connectivity index (χ3v) is 3.72. The minimum Gasteiger partial charge on any atom is -0.381 e. The van der Waals surface area contributed by atoms with Gasteiger partial charge in [0.15, 0.2) is 0 Å². The van der Waals surface area contributed by atoms with E-state index in [9.17, 15) is 4.79 Å². The molecule has 1 aliphatic heterocycles. The maximum atomic E-state index is 11.9. The molecule has 0 saturated carbocycles. The lowest BCUT2D eigenvalue weighted by atomic mass is 9.90. The van der Waals surface area contributed by atoms with Crippen LogP contribution in [0.3, 0.4) is 0 Å². The van der Waals surface area contributed by atoms with Crippen molar-refractivity contribution in [3.05, 3.63) is 22.4 Å². The molecular formula is C11H16N2O2S. The van der Waals surface area contributed by atoms with E-state index >= 15 is 0 Å². The Labute approximate surface area is 98.8 Å². The standard InChI is InChI=1S/C11H16N2O2S/c12-11(3-5-15-6-4-11)10(14)13-8-9-2-1-7-16-9/h1-2,7H,3-6,8,12H2,(H,13,14). The minimum atomic E-state index is -0.741. The molecule has 1 fully saturated rings. The van der Waals surface area contributed by atoms with Crippen LogP contribution in [-0.2, 0) is 16.1 Å². The Bertz CT molecular complexity index is 345. The Morgan fingerprint density at radius 2 is 2.31 bits per heavy atom. The SMILES string of the molecule is NC1(C(=O)NCc2cccs2)CCOCC1. The zero-order valence-electron chi connectivity index (χ0n) is 9.07. The van der Waals surface area contributed by atoms with Crippen molar-refractivity contribution >= 4 is 17.2 Å². The molecule has 5 heteroatoms. The van der Waals surface area contributed by atoms with Crippen molar-refractivity contribution in [3.63, 3.8) is 0 Å². The van der Waals surface area contributed by atoms with Crippen molar-refractivity contribution in [2.24, 2.45) is 5.73 Å². The normalized spacial score (nSPS) is 19.3. The maximum Gasteiger partial charge on any atom is 0.240 e. The van der Waals surface area contributed by atoms with Crippen LogP contribution in [0, 0.1) is 0 Å². The van der Waals surface area contributed by atoms with Crippen LogP contribution in [0.25, 0.3) is 0 Å². The molecule has 1 aliphatic rings. The number of rotatable bonds is 3. The zero-order valence-corrected chi connectivity index (χ0v) is 9.89. The van der Waals surface area contributed by atoms with Gasteiger partial charge in [-0.25, -0.2) is 0 Å². The summed E-state index contributed by atoms with van der Waals surface area (Å²) in [6, 6.07) is 3.97. The molecule has 0 atom stereocenters. The molecule has 0 unspecified atom stereocenters. The van der Waals surface area contributed by atoms with E-state index in [-0.39, 0.29) is 5.91 Å².